The zero-order valence-corrected chi connectivity index (χ0v) is 28.7. The summed E-state index contributed by atoms with van der Waals surface area (Å²) in [6, 6.07) is 6.72. The van der Waals surface area contributed by atoms with Gasteiger partial charge < -0.3 is 30.4 Å². The summed E-state index contributed by atoms with van der Waals surface area (Å²) in [6.45, 7) is -1.33. The normalized spacial score (nSPS) is 11.7. The number of nitrogens with zero attached hydrogens (tertiary/aromatic N) is 10. The van der Waals surface area contributed by atoms with Crippen LogP contribution in [-0.4, -0.2) is 84.2 Å². The maximum Gasteiger partial charge on any atom is 0.370 e. The minimum absolute atomic E-state index is 0.186. The van der Waals surface area contributed by atoms with E-state index in [-0.39, 0.29) is 60.8 Å². The van der Waals surface area contributed by atoms with E-state index in [9.17, 15) is 39.6 Å². The molecule has 7 aromatic heterocycles. The molecule has 6 N–H and O–H groups in total. The summed E-state index contributed by atoms with van der Waals surface area (Å²) in [5.41, 5.74) is 3.15. The van der Waals surface area contributed by atoms with Crippen LogP contribution in [-0.2, 0) is 45.4 Å². The number of hydrogen-bond acceptors (Lipinski definition) is 10. The zero-order chi connectivity index (χ0) is 38.8. The molecular formula is C36H26N12O8+4. The Kier molecular flexibility index (Phi) is 7.67. The Hall–Kier alpha value is -8.16. The Morgan fingerprint density at radius 3 is 1.07 bits per heavy atom. The van der Waals surface area contributed by atoms with Crippen molar-refractivity contribution in [2.24, 2.45) is 0 Å². The van der Waals surface area contributed by atoms with E-state index in [1.165, 1.54) is 18.3 Å². The Labute approximate surface area is 311 Å². The quantitative estimate of drug-likeness (QED) is 0.114. The number of carboxylic acid groups (broad SMARTS) is 4. The minimum atomic E-state index is -1.06. The number of aliphatic carboxylic acids is 4. The number of carbonyl (C=O) groups is 4. The summed E-state index contributed by atoms with van der Waals surface area (Å²) in [4.78, 5) is 82.3. The fourth-order valence-electron chi connectivity index (χ4n) is 6.76. The molecule has 7 aromatic rings. The molecule has 274 valence electrons. The van der Waals surface area contributed by atoms with Gasteiger partial charge in [-0.3, -0.25) is 0 Å². The molecular weight excluding hydrogens is 728 g/mol. The molecule has 0 spiro atoms. The van der Waals surface area contributed by atoms with E-state index in [1.54, 1.807) is 73.8 Å². The number of nitrogens with one attached hydrogen (secondary N) is 2. The van der Waals surface area contributed by atoms with Crippen molar-refractivity contribution in [1.29, 1.82) is 0 Å². The molecule has 9 heterocycles. The molecule has 0 saturated heterocycles. The van der Waals surface area contributed by atoms with Crippen LogP contribution in [0.15, 0.2) is 73.8 Å². The van der Waals surface area contributed by atoms with E-state index >= 15 is 0 Å². The number of carboxylic acids is 4. The summed E-state index contributed by atoms with van der Waals surface area (Å²) < 4.78 is 5.90. The van der Waals surface area contributed by atoms with Crippen LogP contribution in [0.5, 0.6) is 0 Å². The van der Waals surface area contributed by atoms with Gasteiger partial charge in [0.05, 0.1) is 21.9 Å². The van der Waals surface area contributed by atoms with Crippen molar-refractivity contribution in [2.75, 3.05) is 0 Å². The summed E-state index contributed by atoms with van der Waals surface area (Å²) in [5, 5.41) is 40.3. The second-order valence-electron chi connectivity index (χ2n) is 13.0. The SMILES string of the molecule is O=C(O)C[n+]1ccc2c(c1)-c1nc-2nc2[nH]c(nc3nc(nc4[nH]c(n1)c1cc[n+](CC(=O)O)cc41)-c1cc[n+](CC(=O)O)cc1-3)c1cc[n+](CC(=O)O)cc21. The van der Waals surface area contributed by atoms with E-state index in [0.29, 0.717) is 55.1 Å². The lowest BCUT2D eigenvalue weighted by Crippen LogP contribution is -2.37. The Morgan fingerprint density at radius 1 is 0.411 bits per heavy atom. The number of aromatic amines is 2. The van der Waals surface area contributed by atoms with Crippen LogP contribution in [0.4, 0.5) is 0 Å². The van der Waals surface area contributed by atoms with Gasteiger partial charge in [0, 0.05) is 46.2 Å². The van der Waals surface area contributed by atoms with Gasteiger partial charge in [0.15, 0.2) is 72.9 Å². The van der Waals surface area contributed by atoms with Crippen LogP contribution in [0.1, 0.15) is 0 Å². The van der Waals surface area contributed by atoms with Crippen LogP contribution in [0, 0.1) is 0 Å². The molecule has 0 fully saturated rings. The van der Waals surface area contributed by atoms with E-state index < -0.39 is 23.9 Å². The molecule has 8 bridgehead atoms. The van der Waals surface area contributed by atoms with E-state index in [1.807, 2.05) is 0 Å². The van der Waals surface area contributed by atoms with Crippen LogP contribution in [0.3, 0.4) is 0 Å². The highest BCUT2D eigenvalue weighted by Crippen LogP contribution is 2.35. The predicted molar refractivity (Wildman–Crippen MR) is 187 cm³/mol. The summed E-state index contributed by atoms with van der Waals surface area (Å²) in [6.07, 6.45) is 12.8. The first-order chi connectivity index (χ1) is 26.9. The molecule has 20 nitrogen and oxygen atoms in total. The van der Waals surface area contributed by atoms with E-state index in [4.69, 9.17) is 29.9 Å². The van der Waals surface area contributed by atoms with Gasteiger partial charge in [0.1, 0.15) is 22.6 Å². The lowest BCUT2D eigenvalue weighted by Gasteiger charge is -1.98. The molecule has 0 saturated carbocycles. The Bertz CT molecular complexity index is 2880. The highest BCUT2D eigenvalue weighted by atomic mass is 16.4. The van der Waals surface area contributed by atoms with Crippen LogP contribution < -0.4 is 18.3 Å². The molecule has 0 amide bonds. The average Bonchev–Trinajstić information content (AvgIpc) is 3.85. The first kappa shape index (κ1) is 33.7. The van der Waals surface area contributed by atoms with Gasteiger partial charge in [-0.25, -0.2) is 49.1 Å². The smallest absolute Gasteiger partial charge is 0.370 e. The second kappa shape index (κ2) is 12.8. The number of hydrogen-bond donors (Lipinski definition) is 6. The maximum absolute atomic E-state index is 11.7. The fraction of sp³-hybridized carbons (Fsp3) is 0.111. The molecule has 2 aliphatic heterocycles. The van der Waals surface area contributed by atoms with Gasteiger partial charge in [-0.05, 0) is 0 Å². The Balaban J connectivity index is 1.43. The highest BCUT2D eigenvalue weighted by Gasteiger charge is 2.27. The highest BCUT2D eigenvalue weighted by molar-refractivity contribution is 6.05. The van der Waals surface area contributed by atoms with Crippen molar-refractivity contribution in [3.63, 3.8) is 0 Å². The standard InChI is InChI=1S/C36H22N12O8/c49-25(50)13-45-5-1-17-21(9-45)33-37-29(17)41-34-22-10-46(14-26(51)52)6-2-18(22)31(38-34)43-36-24-12-48(16-28(55)56)8-4-20(24)32(40-36)44-35-23-11-47(15-27(53)54)7-3-19(23)30(39-35)42-33/h1-12H,13-16H2,(H2-3,37,38,39,40,41,42,43,44,49,50,51,52,53,54,55,56)/p+4. The molecule has 0 atom stereocenters. The number of pyridine rings is 4. The summed E-state index contributed by atoms with van der Waals surface area (Å²) in [7, 11) is 0. The average molecular weight is 755 g/mol. The first-order valence-electron chi connectivity index (χ1n) is 16.8. The topological polar surface area (TPSA) is 274 Å². The monoisotopic (exact) mass is 754 g/mol. The van der Waals surface area contributed by atoms with Gasteiger partial charge in [-0.2, -0.15) is 18.3 Å². The third-order valence-corrected chi connectivity index (χ3v) is 9.09. The third-order valence-electron chi connectivity index (χ3n) is 9.09. The Morgan fingerprint density at radius 2 is 0.714 bits per heavy atom. The van der Waals surface area contributed by atoms with Gasteiger partial charge in [0.25, 0.3) is 0 Å². The van der Waals surface area contributed by atoms with Crippen molar-refractivity contribution >= 4 is 68.0 Å². The molecule has 0 radical (unpaired) electrons. The van der Waals surface area contributed by atoms with Gasteiger partial charge >= 0.3 is 23.9 Å². The molecule has 9 rings (SSSR count). The molecule has 2 aliphatic rings. The largest absolute Gasteiger partial charge is 0.477 e. The first-order valence-corrected chi connectivity index (χ1v) is 16.8. The molecule has 56 heavy (non-hydrogen) atoms. The van der Waals surface area contributed by atoms with Crippen molar-refractivity contribution in [3.05, 3.63) is 73.8 Å². The van der Waals surface area contributed by atoms with Crippen molar-refractivity contribution in [1.82, 2.24) is 39.9 Å². The van der Waals surface area contributed by atoms with E-state index in [2.05, 4.69) is 9.97 Å². The van der Waals surface area contributed by atoms with Gasteiger partial charge in [-0.15, -0.1) is 0 Å². The lowest BCUT2D eigenvalue weighted by atomic mass is 10.1. The van der Waals surface area contributed by atoms with Crippen molar-refractivity contribution < 1.29 is 57.9 Å². The fourth-order valence-corrected chi connectivity index (χ4v) is 6.76. The number of aromatic nitrogens is 12. The molecule has 0 aliphatic carbocycles. The van der Waals surface area contributed by atoms with Gasteiger partial charge in [0.2, 0.25) is 26.2 Å². The van der Waals surface area contributed by atoms with Gasteiger partial charge in [-0.1, -0.05) is 0 Å². The number of H-pyrrole nitrogens is 2. The predicted octanol–water partition coefficient (Wildman–Crippen LogP) is 0.358. The number of fused-ring (bicyclic) bond motifs is 20. The van der Waals surface area contributed by atoms with Crippen molar-refractivity contribution in [2.45, 2.75) is 26.2 Å². The van der Waals surface area contributed by atoms with Crippen LogP contribution in [0.2, 0.25) is 0 Å². The van der Waals surface area contributed by atoms with Crippen LogP contribution >= 0.6 is 0 Å². The maximum atomic E-state index is 11.7. The molecule has 20 heteroatoms. The minimum Gasteiger partial charge on any atom is -0.477 e. The second-order valence-corrected chi connectivity index (χ2v) is 13.0. The third kappa shape index (κ3) is 6.01. The summed E-state index contributed by atoms with van der Waals surface area (Å²) >= 11 is 0. The molecule has 0 aromatic carbocycles. The lowest BCUT2D eigenvalue weighted by molar-refractivity contribution is -0.685. The zero-order valence-electron chi connectivity index (χ0n) is 28.7. The number of rotatable bonds is 8. The molecule has 0 unspecified atom stereocenters. The van der Waals surface area contributed by atoms with Crippen LogP contribution in [0.25, 0.3) is 89.7 Å². The summed E-state index contributed by atoms with van der Waals surface area (Å²) in [5.74, 6) is -3.43. The van der Waals surface area contributed by atoms with E-state index in [0.717, 1.165) is 0 Å². The van der Waals surface area contributed by atoms with Crippen molar-refractivity contribution in [3.8, 4) is 45.6 Å².